The predicted octanol–water partition coefficient (Wildman–Crippen LogP) is 2.98. The molecule has 0 spiro atoms. The molecule has 0 bridgehead atoms. The number of carbonyl (C=O) groups is 1. The second-order valence-corrected chi connectivity index (χ2v) is 7.06. The summed E-state index contributed by atoms with van der Waals surface area (Å²) in [7, 11) is 0. The Hall–Kier alpha value is -0.650. The topological polar surface area (TPSA) is 32.3 Å². The van der Waals surface area contributed by atoms with Crippen molar-refractivity contribution in [3.8, 4) is 0 Å². The Labute approximate surface area is 129 Å². The second-order valence-electron chi connectivity index (χ2n) is 4.87. The third-order valence-corrected chi connectivity index (χ3v) is 5.35. The highest BCUT2D eigenvalue weighted by molar-refractivity contribution is 7.99. The normalized spacial score (nSPS) is 20.4. The van der Waals surface area contributed by atoms with Crippen LogP contribution in [0.5, 0.6) is 0 Å². The summed E-state index contributed by atoms with van der Waals surface area (Å²) in [4.78, 5) is 15.4. The standard InChI is InChI=1S/C15H22N2OS2/c1-4-20-10-11(2)17-14(18)9-16-15(17)12-5-7-13(19-3)8-6-12/h5-8,11,15-16H,4,9-10H2,1-3H3. The number of hydrogen-bond acceptors (Lipinski definition) is 4. The molecule has 0 saturated carbocycles. The predicted molar refractivity (Wildman–Crippen MR) is 88.3 cm³/mol. The van der Waals surface area contributed by atoms with E-state index in [1.165, 1.54) is 10.5 Å². The Bertz CT molecular complexity index is 450. The van der Waals surface area contributed by atoms with Gasteiger partial charge in [-0.3, -0.25) is 10.1 Å². The number of hydrogen-bond donors (Lipinski definition) is 1. The third-order valence-electron chi connectivity index (χ3n) is 3.48. The van der Waals surface area contributed by atoms with E-state index in [1.807, 2.05) is 16.7 Å². The molecule has 1 fully saturated rings. The van der Waals surface area contributed by atoms with Gasteiger partial charge in [0, 0.05) is 16.7 Å². The van der Waals surface area contributed by atoms with Crippen LogP contribution < -0.4 is 5.32 Å². The Morgan fingerprint density at radius 1 is 1.40 bits per heavy atom. The fourth-order valence-corrected chi connectivity index (χ4v) is 3.60. The first-order valence-corrected chi connectivity index (χ1v) is 9.31. The van der Waals surface area contributed by atoms with Gasteiger partial charge in [-0.05, 0) is 36.6 Å². The van der Waals surface area contributed by atoms with Gasteiger partial charge in [-0.15, -0.1) is 11.8 Å². The monoisotopic (exact) mass is 310 g/mol. The lowest BCUT2D eigenvalue weighted by Crippen LogP contribution is -2.39. The summed E-state index contributed by atoms with van der Waals surface area (Å²) in [5, 5.41) is 3.33. The smallest absolute Gasteiger partial charge is 0.238 e. The van der Waals surface area contributed by atoms with Crippen molar-refractivity contribution in [2.75, 3.05) is 24.3 Å². The van der Waals surface area contributed by atoms with Crippen molar-refractivity contribution in [2.24, 2.45) is 0 Å². The van der Waals surface area contributed by atoms with E-state index < -0.39 is 0 Å². The minimum Gasteiger partial charge on any atom is -0.318 e. The van der Waals surface area contributed by atoms with E-state index >= 15 is 0 Å². The summed E-state index contributed by atoms with van der Waals surface area (Å²) in [6.07, 6.45) is 2.09. The van der Waals surface area contributed by atoms with Gasteiger partial charge in [0.15, 0.2) is 0 Å². The molecule has 0 aliphatic carbocycles. The van der Waals surface area contributed by atoms with Crippen LogP contribution in [0.4, 0.5) is 0 Å². The third kappa shape index (κ3) is 3.51. The quantitative estimate of drug-likeness (QED) is 0.819. The molecule has 1 heterocycles. The van der Waals surface area contributed by atoms with Crippen molar-refractivity contribution in [2.45, 2.75) is 31.0 Å². The average molecular weight is 310 g/mol. The van der Waals surface area contributed by atoms with Crippen LogP contribution >= 0.6 is 23.5 Å². The second kappa shape index (κ2) is 7.38. The molecule has 1 aromatic carbocycles. The summed E-state index contributed by atoms with van der Waals surface area (Å²) < 4.78 is 0. The maximum absolute atomic E-state index is 12.1. The van der Waals surface area contributed by atoms with Crippen molar-refractivity contribution in [1.29, 1.82) is 0 Å². The van der Waals surface area contributed by atoms with Gasteiger partial charge in [-0.1, -0.05) is 19.1 Å². The Morgan fingerprint density at radius 3 is 2.70 bits per heavy atom. The van der Waals surface area contributed by atoms with E-state index in [0.29, 0.717) is 6.54 Å². The van der Waals surface area contributed by atoms with Gasteiger partial charge in [0.1, 0.15) is 6.17 Å². The number of benzene rings is 1. The molecule has 1 aromatic rings. The highest BCUT2D eigenvalue weighted by atomic mass is 32.2. The molecule has 2 rings (SSSR count). The van der Waals surface area contributed by atoms with E-state index in [1.54, 1.807) is 11.8 Å². The molecular formula is C15H22N2OS2. The first kappa shape index (κ1) is 15.7. The zero-order valence-corrected chi connectivity index (χ0v) is 13.9. The molecule has 1 amide bonds. The lowest BCUT2D eigenvalue weighted by atomic mass is 10.1. The average Bonchev–Trinajstić information content (AvgIpc) is 2.86. The van der Waals surface area contributed by atoms with Gasteiger partial charge < -0.3 is 4.90 Å². The van der Waals surface area contributed by atoms with Crippen LogP contribution in [0.2, 0.25) is 0 Å². The lowest BCUT2D eigenvalue weighted by molar-refractivity contribution is -0.129. The molecule has 1 aliphatic rings. The molecule has 1 N–H and O–H groups in total. The number of nitrogens with one attached hydrogen (secondary N) is 1. The van der Waals surface area contributed by atoms with E-state index in [4.69, 9.17) is 0 Å². The molecule has 20 heavy (non-hydrogen) atoms. The molecule has 2 unspecified atom stereocenters. The number of carbonyl (C=O) groups excluding carboxylic acids is 1. The van der Waals surface area contributed by atoms with Crippen molar-refractivity contribution < 1.29 is 4.79 Å². The molecular weight excluding hydrogens is 288 g/mol. The van der Waals surface area contributed by atoms with Crippen molar-refractivity contribution in [3.05, 3.63) is 29.8 Å². The van der Waals surface area contributed by atoms with Gasteiger partial charge >= 0.3 is 0 Å². The fourth-order valence-electron chi connectivity index (χ4n) is 2.45. The Balaban J connectivity index is 2.13. The number of thioether (sulfide) groups is 2. The molecule has 5 heteroatoms. The summed E-state index contributed by atoms with van der Waals surface area (Å²) in [6.45, 7) is 4.73. The summed E-state index contributed by atoms with van der Waals surface area (Å²) in [5.74, 6) is 2.28. The van der Waals surface area contributed by atoms with Gasteiger partial charge in [-0.25, -0.2) is 0 Å². The Morgan fingerprint density at radius 2 is 2.10 bits per heavy atom. The molecule has 1 aliphatic heterocycles. The number of amides is 1. The van der Waals surface area contributed by atoms with Gasteiger partial charge in [0.05, 0.1) is 6.54 Å². The van der Waals surface area contributed by atoms with Crippen LogP contribution in [0, 0.1) is 0 Å². The zero-order chi connectivity index (χ0) is 14.5. The largest absolute Gasteiger partial charge is 0.318 e. The van der Waals surface area contributed by atoms with Crippen LogP contribution in [0.3, 0.4) is 0 Å². The van der Waals surface area contributed by atoms with Crippen molar-refractivity contribution in [1.82, 2.24) is 10.2 Å². The van der Waals surface area contributed by atoms with Crippen molar-refractivity contribution >= 4 is 29.4 Å². The highest BCUT2D eigenvalue weighted by Crippen LogP contribution is 2.27. The first-order valence-electron chi connectivity index (χ1n) is 6.93. The van der Waals surface area contributed by atoms with Gasteiger partial charge in [-0.2, -0.15) is 11.8 Å². The highest BCUT2D eigenvalue weighted by Gasteiger charge is 2.34. The zero-order valence-electron chi connectivity index (χ0n) is 12.3. The molecule has 0 radical (unpaired) electrons. The summed E-state index contributed by atoms with van der Waals surface area (Å²) >= 11 is 3.62. The maximum Gasteiger partial charge on any atom is 0.238 e. The van der Waals surface area contributed by atoms with E-state index in [-0.39, 0.29) is 18.1 Å². The first-order chi connectivity index (χ1) is 9.67. The molecule has 1 saturated heterocycles. The van der Waals surface area contributed by atoms with Gasteiger partial charge in [0.25, 0.3) is 0 Å². The molecule has 110 valence electrons. The van der Waals surface area contributed by atoms with Gasteiger partial charge in [0.2, 0.25) is 5.91 Å². The SMILES string of the molecule is CCSCC(C)N1C(=O)CNC1c1ccc(SC)cc1. The van der Waals surface area contributed by atoms with Crippen LogP contribution in [0.25, 0.3) is 0 Å². The van der Waals surface area contributed by atoms with E-state index in [9.17, 15) is 4.79 Å². The molecule has 3 nitrogen and oxygen atoms in total. The summed E-state index contributed by atoms with van der Waals surface area (Å²) in [5.41, 5.74) is 1.17. The summed E-state index contributed by atoms with van der Waals surface area (Å²) in [6, 6.07) is 8.74. The fraction of sp³-hybridized carbons (Fsp3) is 0.533. The van der Waals surface area contributed by atoms with Crippen LogP contribution in [0.1, 0.15) is 25.6 Å². The lowest BCUT2D eigenvalue weighted by Gasteiger charge is -2.30. The number of rotatable bonds is 6. The minimum atomic E-state index is 0.0193. The molecule has 2 atom stereocenters. The molecule has 0 aromatic heterocycles. The van der Waals surface area contributed by atoms with Crippen LogP contribution in [-0.4, -0.2) is 41.2 Å². The minimum absolute atomic E-state index is 0.0193. The maximum atomic E-state index is 12.1. The van der Waals surface area contributed by atoms with Crippen LogP contribution in [0.15, 0.2) is 29.2 Å². The van der Waals surface area contributed by atoms with E-state index in [2.05, 4.69) is 49.7 Å². The number of nitrogens with zero attached hydrogens (tertiary/aromatic N) is 1. The van der Waals surface area contributed by atoms with E-state index in [0.717, 1.165) is 11.5 Å². The van der Waals surface area contributed by atoms with Crippen molar-refractivity contribution in [3.63, 3.8) is 0 Å². The Kier molecular flexibility index (Phi) is 5.81. The van der Waals surface area contributed by atoms with Crippen LogP contribution in [-0.2, 0) is 4.79 Å².